The lowest BCUT2D eigenvalue weighted by Crippen LogP contribution is -2.25. The van der Waals surface area contributed by atoms with Crippen LogP contribution in [0.15, 0.2) is 42.6 Å². The van der Waals surface area contributed by atoms with E-state index >= 15 is 0 Å². The Labute approximate surface area is 143 Å². The van der Waals surface area contributed by atoms with E-state index in [-0.39, 0.29) is 5.91 Å². The molecule has 24 heavy (non-hydrogen) atoms. The molecule has 128 valence electrons. The zero-order chi connectivity index (χ0) is 17.2. The first kappa shape index (κ1) is 17.8. The van der Waals surface area contributed by atoms with Crippen molar-refractivity contribution in [2.45, 2.75) is 26.2 Å². The van der Waals surface area contributed by atoms with Gasteiger partial charge in [0.25, 0.3) is 5.91 Å². The first-order valence-electron chi connectivity index (χ1n) is 8.34. The summed E-state index contributed by atoms with van der Waals surface area (Å²) in [5.74, 6) is 1.50. The van der Waals surface area contributed by atoms with E-state index in [2.05, 4.69) is 22.5 Å². The summed E-state index contributed by atoms with van der Waals surface area (Å²) < 4.78 is 5.13. The van der Waals surface area contributed by atoms with E-state index in [9.17, 15) is 4.79 Å². The number of methoxy groups -OCH3 is 1. The molecule has 0 bridgehead atoms. The van der Waals surface area contributed by atoms with Crippen molar-refractivity contribution in [2.24, 2.45) is 0 Å². The topological polar surface area (TPSA) is 63.2 Å². The van der Waals surface area contributed by atoms with E-state index in [0.29, 0.717) is 12.1 Å². The Morgan fingerprint density at radius 1 is 1.17 bits per heavy atom. The van der Waals surface area contributed by atoms with Crippen LogP contribution in [0.1, 0.15) is 35.7 Å². The number of carbonyl (C=O) groups is 1. The molecule has 0 aliphatic heterocycles. The van der Waals surface area contributed by atoms with Crippen LogP contribution in [0.3, 0.4) is 0 Å². The van der Waals surface area contributed by atoms with Gasteiger partial charge in [-0.1, -0.05) is 25.5 Å². The number of ether oxygens (including phenoxy) is 1. The van der Waals surface area contributed by atoms with Crippen LogP contribution in [-0.2, 0) is 6.42 Å². The Morgan fingerprint density at radius 3 is 2.67 bits per heavy atom. The number of pyridine rings is 1. The molecule has 2 rings (SSSR count). The van der Waals surface area contributed by atoms with Gasteiger partial charge in [-0.15, -0.1) is 0 Å². The molecule has 1 aromatic heterocycles. The Balaban J connectivity index is 1.82. The van der Waals surface area contributed by atoms with Gasteiger partial charge >= 0.3 is 0 Å². The molecule has 0 fully saturated rings. The largest absolute Gasteiger partial charge is 0.497 e. The second kappa shape index (κ2) is 9.55. The van der Waals surface area contributed by atoms with Crippen molar-refractivity contribution in [1.82, 2.24) is 10.3 Å². The average molecular weight is 327 g/mol. The molecule has 1 heterocycles. The summed E-state index contributed by atoms with van der Waals surface area (Å²) >= 11 is 0. The van der Waals surface area contributed by atoms with Gasteiger partial charge in [0.2, 0.25) is 0 Å². The number of nitrogens with one attached hydrogen (secondary N) is 2. The molecule has 0 saturated carbocycles. The first-order chi connectivity index (χ1) is 11.7. The molecular formula is C19H25N3O2. The molecule has 2 N–H and O–H groups in total. The lowest BCUT2D eigenvalue weighted by atomic mass is 10.1. The Bertz CT molecular complexity index is 641. The van der Waals surface area contributed by atoms with E-state index in [1.807, 2.05) is 24.3 Å². The number of amides is 1. The van der Waals surface area contributed by atoms with E-state index in [1.54, 1.807) is 25.4 Å². The number of unbranched alkanes of at least 4 members (excludes halogenated alkanes) is 1. The van der Waals surface area contributed by atoms with Crippen molar-refractivity contribution >= 4 is 11.7 Å². The molecule has 0 unspecified atom stereocenters. The highest BCUT2D eigenvalue weighted by Crippen LogP contribution is 2.11. The van der Waals surface area contributed by atoms with E-state index < -0.39 is 0 Å². The van der Waals surface area contributed by atoms with Gasteiger partial charge in [0, 0.05) is 24.8 Å². The quantitative estimate of drug-likeness (QED) is 0.694. The third kappa shape index (κ3) is 5.57. The summed E-state index contributed by atoms with van der Waals surface area (Å²) in [7, 11) is 1.65. The minimum Gasteiger partial charge on any atom is -0.497 e. The van der Waals surface area contributed by atoms with Crippen LogP contribution in [0.25, 0.3) is 0 Å². The number of aromatic nitrogens is 1. The van der Waals surface area contributed by atoms with E-state index in [0.717, 1.165) is 42.9 Å². The summed E-state index contributed by atoms with van der Waals surface area (Å²) in [6, 6.07) is 11.4. The first-order valence-corrected chi connectivity index (χ1v) is 8.34. The normalized spacial score (nSPS) is 10.2. The predicted octanol–water partition coefficient (Wildman–Crippen LogP) is 3.27. The van der Waals surface area contributed by atoms with Crippen LogP contribution in [0, 0.1) is 0 Å². The number of nitrogens with zero attached hydrogens (tertiary/aromatic N) is 1. The highest BCUT2D eigenvalue weighted by Gasteiger charge is 2.06. The minimum absolute atomic E-state index is 0.0792. The molecule has 2 aromatic rings. The van der Waals surface area contributed by atoms with Crippen LogP contribution in [0.5, 0.6) is 5.75 Å². The minimum atomic E-state index is -0.0792. The molecule has 1 aromatic carbocycles. The highest BCUT2D eigenvalue weighted by atomic mass is 16.5. The maximum Gasteiger partial charge on any atom is 0.251 e. The van der Waals surface area contributed by atoms with Gasteiger partial charge in [-0.3, -0.25) is 4.79 Å². The lowest BCUT2D eigenvalue weighted by molar-refractivity contribution is 0.0954. The van der Waals surface area contributed by atoms with Crippen LogP contribution >= 0.6 is 0 Å². The maximum atomic E-state index is 12.2. The molecule has 0 radical (unpaired) electrons. The lowest BCUT2D eigenvalue weighted by Gasteiger charge is -2.08. The van der Waals surface area contributed by atoms with Gasteiger partial charge in [0.15, 0.2) is 0 Å². The van der Waals surface area contributed by atoms with Crippen molar-refractivity contribution in [2.75, 3.05) is 25.5 Å². The number of benzene rings is 1. The average Bonchev–Trinajstić information content (AvgIpc) is 2.63. The number of carbonyl (C=O) groups excluding carboxylic acids is 1. The molecule has 0 aliphatic rings. The van der Waals surface area contributed by atoms with Gasteiger partial charge in [0.05, 0.1) is 7.11 Å². The zero-order valence-electron chi connectivity index (χ0n) is 14.3. The molecule has 0 atom stereocenters. The van der Waals surface area contributed by atoms with Crippen molar-refractivity contribution in [3.05, 3.63) is 53.7 Å². The number of anilines is 1. The van der Waals surface area contributed by atoms with Gasteiger partial charge in [-0.2, -0.15) is 0 Å². The standard InChI is InChI=1S/C19H25N3O2/c1-3-4-11-20-18-14-16(10-13-21-18)19(23)22-12-9-15-5-7-17(24-2)8-6-15/h5-8,10,13-14H,3-4,9,11-12H2,1-2H3,(H,20,21)(H,22,23). The molecule has 5 heteroatoms. The summed E-state index contributed by atoms with van der Waals surface area (Å²) in [4.78, 5) is 16.5. The van der Waals surface area contributed by atoms with Crippen molar-refractivity contribution in [1.29, 1.82) is 0 Å². The SMILES string of the molecule is CCCCNc1cc(C(=O)NCCc2ccc(OC)cc2)ccn1. The van der Waals surface area contributed by atoms with Crippen LogP contribution in [0.2, 0.25) is 0 Å². The third-order valence-electron chi connectivity index (χ3n) is 3.72. The van der Waals surface area contributed by atoms with Crippen LogP contribution in [-0.4, -0.2) is 31.1 Å². The summed E-state index contributed by atoms with van der Waals surface area (Å²) in [5, 5.41) is 6.18. The summed E-state index contributed by atoms with van der Waals surface area (Å²) in [5.41, 5.74) is 1.78. The monoisotopic (exact) mass is 327 g/mol. The molecule has 5 nitrogen and oxygen atoms in total. The smallest absolute Gasteiger partial charge is 0.251 e. The number of hydrogen-bond acceptors (Lipinski definition) is 4. The van der Waals surface area contributed by atoms with Gasteiger partial charge < -0.3 is 15.4 Å². The fourth-order valence-electron chi connectivity index (χ4n) is 2.28. The van der Waals surface area contributed by atoms with Gasteiger partial charge in [0.1, 0.15) is 11.6 Å². The molecular weight excluding hydrogens is 302 g/mol. The number of hydrogen-bond donors (Lipinski definition) is 2. The second-order valence-electron chi connectivity index (χ2n) is 5.56. The summed E-state index contributed by atoms with van der Waals surface area (Å²) in [6.07, 6.45) is 4.65. The fraction of sp³-hybridized carbons (Fsp3) is 0.368. The second-order valence-corrected chi connectivity index (χ2v) is 5.56. The molecule has 0 spiro atoms. The Hall–Kier alpha value is -2.56. The maximum absolute atomic E-state index is 12.2. The molecule has 1 amide bonds. The highest BCUT2D eigenvalue weighted by molar-refractivity contribution is 5.94. The summed E-state index contributed by atoms with van der Waals surface area (Å²) in [6.45, 7) is 3.60. The van der Waals surface area contributed by atoms with E-state index in [4.69, 9.17) is 4.74 Å². The van der Waals surface area contributed by atoms with E-state index in [1.165, 1.54) is 0 Å². The molecule has 0 aliphatic carbocycles. The van der Waals surface area contributed by atoms with Crippen molar-refractivity contribution in [3.63, 3.8) is 0 Å². The Kier molecular flexibility index (Phi) is 7.08. The van der Waals surface area contributed by atoms with Gasteiger partial charge in [-0.05, 0) is 42.7 Å². The van der Waals surface area contributed by atoms with Crippen LogP contribution < -0.4 is 15.4 Å². The molecule has 0 saturated heterocycles. The third-order valence-corrected chi connectivity index (χ3v) is 3.72. The van der Waals surface area contributed by atoms with Crippen LogP contribution in [0.4, 0.5) is 5.82 Å². The predicted molar refractivity (Wildman–Crippen MR) is 96.7 cm³/mol. The van der Waals surface area contributed by atoms with Gasteiger partial charge in [-0.25, -0.2) is 4.98 Å². The van der Waals surface area contributed by atoms with Crippen molar-refractivity contribution in [3.8, 4) is 5.75 Å². The van der Waals surface area contributed by atoms with Crippen molar-refractivity contribution < 1.29 is 9.53 Å². The number of rotatable bonds is 9. The fourth-order valence-corrected chi connectivity index (χ4v) is 2.28. The zero-order valence-corrected chi connectivity index (χ0v) is 14.3. The Morgan fingerprint density at radius 2 is 1.96 bits per heavy atom.